The Morgan fingerprint density at radius 3 is 2.67 bits per heavy atom. The van der Waals surface area contributed by atoms with Crippen LogP contribution in [0.2, 0.25) is 10.0 Å². The summed E-state index contributed by atoms with van der Waals surface area (Å²) in [7, 11) is 0. The van der Waals surface area contributed by atoms with Crippen molar-refractivity contribution in [2.45, 2.75) is 51.2 Å². The van der Waals surface area contributed by atoms with Crippen LogP contribution in [0.4, 0.5) is 0 Å². The normalized spacial score (nSPS) is 11.5. The van der Waals surface area contributed by atoms with Crippen LogP contribution >= 0.6 is 35.0 Å². The number of tetrazole rings is 1. The Hall–Kier alpha value is -1.64. The van der Waals surface area contributed by atoms with Crippen LogP contribution in [0.3, 0.4) is 0 Å². The standard InChI is InChI=1S/C17H21Cl2N7S/c1-4-7-26-15(20-23-24-26)10-27-17-22-21-16(25(17)9-11(2)3)13-6-5-12(18)8-14(13)19/h5-6,8,11H,4,7,9-10H2,1-3H3. The van der Waals surface area contributed by atoms with Gasteiger partial charge in [0, 0.05) is 23.7 Å². The van der Waals surface area contributed by atoms with E-state index in [0.717, 1.165) is 41.9 Å². The molecule has 0 saturated carbocycles. The molecule has 0 aliphatic heterocycles. The van der Waals surface area contributed by atoms with Crippen LogP contribution in [-0.2, 0) is 18.8 Å². The van der Waals surface area contributed by atoms with Crippen LogP contribution in [-0.4, -0.2) is 35.0 Å². The molecule has 0 amide bonds. The van der Waals surface area contributed by atoms with Crippen LogP contribution in [0.15, 0.2) is 23.4 Å². The molecule has 0 radical (unpaired) electrons. The zero-order chi connectivity index (χ0) is 19.4. The highest BCUT2D eigenvalue weighted by molar-refractivity contribution is 7.98. The molecule has 0 bridgehead atoms. The minimum Gasteiger partial charge on any atom is -0.302 e. The quantitative estimate of drug-likeness (QED) is 0.491. The number of hydrogen-bond donors (Lipinski definition) is 0. The van der Waals surface area contributed by atoms with Gasteiger partial charge in [-0.2, -0.15) is 0 Å². The topological polar surface area (TPSA) is 74.3 Å². The van der Waals surface area contributed by atoms with E-state index in [-0.39, 0.29) is 0 Å². The lowest BCUT2D eigenvalue weighted by atomic mass is 10.2. The number of hydrogen-bond acceptors (Lipinski definition) is 6. The van der Waals surface area contributed by atoms with E-state index in [1.165, 1.54) is 0 Å². The Kier molecular flexibility index (Phi) is 6.73. The molecule has 0 saturated heterocycles. The largest absolute Gasteiger partial charge is 0.302 e. The minimum atomic E-state index is 0.426. The van der Waals surface area contributed by atoms with Gasteiger partial charge in [0.15, 0.2) is 16.8 Å². The molecule has 10 heteroatoms. The Morgan fingerprint density at radius 2 is 1.96 bits per heavy atom. The summed E-state index contributed by atoms with van der Waals surface area (Å²) in [4.78, 5) is 0. The minimum absolute atomic E-state index is 0.426. The third-order valence-corrected chi connectivity index (χ3v) is 5.32. The van der Waals surface area contributed by atoms with Crippen molar-refractivity contribution in [1.29, 1.82) is 0 Å². The maximum Gasteiger partial charge on any atom is 0.191 e. The van der Waals surface area contributed by atoms with Crippen molar-refractivity contribution < 1.29 is 0 Å². The first-order chi connectivity index (χ1) is 13.0. The first kappa shape index (κ1) is 20.1. The summed E-state index contributed by atoms with van der Waals surface area (Å²) in [5.74, 6) is 2.61. The summed E-state index contributed by atoms with van der Waals surface area (Å²) in [5.41, 5.74) is 0.817. The molecule has 1 aromatic carbocycles. The molecule has 3 aromatic rings. The van der Waals surface area contributed by atoms with Gasteiger partial charge in [-0.15, -0.1) is 15.3 Å². The number of rotatable bonds is 8. The monoisotopic (exact) mass is 425 g/mol. The van der Waals surface area contributed by atoms with Gasteiger partial charge in [0.05, 0.1) is 10.8 Å². The van der Waals surface area contributed by atoms with Crippen molar-refractivity contribution in [1.82, 2.24) is 35.0 Å². The van der Waals surface area contributed by atoms with Crippen molar-refractivity contribution in [3.8, 4) is 11.4 Å². The Labute approximate surface area is 172 Å². The molecule has 0 fully saturated rings. The molecular weight excluding hydrogens is 405 g/mol. The molecule has 27 heavy (non-hydrogen) atoms. The molecule has 3 rings (SSSR count). The lowest BCUT2D eigenvalue weighted by molar-refractivity contribution is 0.497. The number of nitrogens with zero attached hydrogens (tertiary/aromatic N) is 7. The van der Waals surface area contributed by atoms with Crippen LogP contribution in [0, 0.1) is 5.92 Å². The van der Waals surface area contributed by atoms with Crippen molar-refractivity contribution in [2.75, 3.05) is 0 Å². The number of aromatic nitrogens is 7. The summed E-state index contributed by atoms with van der Waals surface area (Å²) < 4.78 is 3.92. The predicted octanol–water partition coefficient (Wildman–Crippen LogP) is 4.60. The van der Waals surface area contributed by atoms with Gasteiger partial charge in [-0.3, -0.25) is 0 Å². The summed E-state index contributed by atoms with van der Waals surface area (Å²) >= 11 is 14.0. The van der Waals surface area contributed by atoms with Gasteiger partial charge in [-0.05, 0) is 41.0 Å². The molecule has 0 spiro atoms. The molecule has 0 aliphatic rings. The molecular formula is C17H21Cl2N7S. The number of halogens is 2. The van der Waals surface area contributed by atoms with E-state index in [0.29, 0.717) is 21.7 Å². The van der Waals surface area contributed by atoms with Gasteiger partial charge < -0.3 is 4.57 Å². The van der Waals surface area contributed by atoms with Gasteiger partial charge in [-0.25, -0.2) is 4.68 Å². The van der Waals surface area contributed by atoms with Gasteiger partial charge in [0.2, 0.25) is 0 Å². The van der Waals surface area contributed by atoms with Gasteiger partial charge in [0.25, 0.3) is 0 Å². The average molecular weight is 426 g/mol. The van der Waals surface area contributed by atoms with Crippen LogP contribution < -0.4 is 0 Å². The highest BCUT2D eigenvalue weighted by Gasteiger charge is 2.18. The lowest BCUT2D eigenvalue weighted by Crippen LogP contribution is -2.09. The second-order valence-electron chi connectivity index (χ2n) is 6.54. The molecule has 7 nitrogen and oxygen atoms in total. The van der Waals surface area contributed by atoms with E-state index in [1.807, 2.05) is 16.8 Å². The fourth-order valence-corrected chi connectivity index (χ4v) is 4.01. The molecule has 2 aromatic heterocycles. The van der Waals surface area contributed by atoms with Crippen molar-refractivity contribution >= 4 is 35.0 Å². The van der Waals surface area contributed by atoms with Gasteiger partial charge >= 0.3 is 0 Å². The van der Waals surface area contributed by atoms with E-state index in [4.69, 9.17) is 23.2 Å². The van der Waals surface area contributed by atoms with E-state index >= 15 is 0 Å². The Bertz CT molecular complexity index is 907. The zero-order valence-corrected chi connectivity index (χ0v) is 17.8. The van der Waals surface area contributed by atoms with E-state index in [2.05, 4.69) is 51.1 Å². The molecule has 144 valence electrons. The van der Waals surface area contributed by atoms with Crippen LogP contribution in [0.25, 0.3) is 11.4 Å². The van der Waals surface area contributed by atoms with E-state index in [9.17, 15) is 0 Å². The molecule has 2 heterocycles. The first-order valence-corrected chi connectivity index (χ1v) is 10.5. The fraction of sp³-hybridized carbons (Fsp3) is 0.471. The summed E-state index contributed by atoms with van der Waals surface area (Å²) in [6, 6.07) is 5.41. The Balaban J connectivity index is 1.89. The van der Waals surface area contributed by atoms with Crippen molar-refractivity contribution in [3.05, 3.63) is 34.1 Å². The maximum atomic E-state index is 6.39. The molecule has 0 N–H and O–H groups in total. The lowest BCUT2D eigenvalue weighted by Gasteiger charge is -2.13. The molecule has 0 atom stereocenters. The van der Waals surface area contributed by atoms with E-state index < -0.39 is 0 Å². The second kappa shape index (κ2) is 9.03. The summed E-state index contributed by atoms with van der Waals surface area (Å²) in [5, 5.41) is 22.7. The SMILES string of the molecule is CCCn1nnnc1CSc1nnc(-c2ccc(Cl)cc2Cl)n1CC(C)C. The third-order valence-electron chi connectivity index (χ3n) is 3.81. The molecule has 0 aliphatic carbocycles. The highest BCUT2D eigenvalue weighted by Crippen LogP contribution is 2.32. The number of benzene rings is 1. The average Bonchev–Trinajstić information content (AvgIpc) is 3.20. The summed E-state index contributed by atoms with van der Waals surface area (Å²) in [6.07, 6.45) is 0.978. The van der Waals surface area contributed by atoms with Crippen molar-refractivity contribution in [3.63, 3.8) is 0 Å². The van der Waals surface area contributed by atoms with Crippen LogP contribution in [0.1, 0.15) is 33.0 Å². The number of aryl methyl sites for hydroxylation is 1. The Morgan fingerprint density at radius 1 is 1.15 bits per heavy atom. The summed E-state index contributed by atoms with van der Waals surface area (Å²) in [6.45, 7) is 7.99. The van der Waals surface area contributed by atoms with Gasteiger partial charge in [-0.1, -0.05) is 55.7 Å². The molecule has 0 unspecified atom stereocenters. The second-order valence-corrected chi connectivity index (χ2v) is 8.33. The van der Waals surface area contributed by atoms with Gasteiger partial charge in [0.1, 0.15) is 0 Å². The van der Waals surface area contributed by atoms with Crippen LogP contribution in [0.5, 0.6) is 0 Å². The highest BCUT2D eigenvalue weighted by atomic mass is 35.5. The first-order valence-electron chi connectivity index (χ1n) is 8.76. The predicted molar refractivity (Wildman–Crippen MR) is 108 cm³/mol. The van der Waals surface area contributed by atoms with E-state index in [1.54, 1.807) is 17.8 Å². The maximum absolute atomic E-state index is 6.39. The zero-order valence-electron chi connectivity index (χ0n) is 15.4. The van der Waals surface area contributed by atoms with Crippen molar-refractivity contribution in [2.24, 2.45) is 5.92 Å². The third kappa shape index (κ3) is 4.80. The number of thioether (sulfide) groups is 1. The smallest absolute Gasteiger partial charge is 0.191 e. The fourth-order valence-electron chi connectivity index (χ4n) is 2.64.